The lowest BCUT2D eigenvalue weighted by molar-refractivity contribution is -0.149. The van der Waals surface area contributed by atoms with Crippen LogP contribution in [0.25, 0.3) is 0 Å². The molecule has 3 aliphatic rings. The zero-order valence-corrected chi connectivity index (χ0v) is 24.2. The number of urea groups is 1. The van der Waals surface area contributed by atoms with Crippen molar-refractivity contribution in [3.05, 3.63) is 29.8 Å². The zero-order valence-electron chi connectivity index (χ0n) is 22.6. The number of carbonyl (C=O) groups is 3. The number of aliphatic hydroxyl groups excluding tert-OH is 1. The summed E-state index contributed by atoms with van der Waals surface area (Å²) >= 11 is 5.94. The lowest BCUT2D eigenvalue weighted by Crippen LogP contribution is -2.58. The second kappa shape index (κ2) is 11.5. The van der Waals surface area contributed by atoms with Crippen molar-refractivity contribution < 1.29 is 47.0 Å². The summed E-state index contributed by atoms with van der Waals surface area (Å²) in [4.78, 5) is 36.9. The third-order valence-electron chi connectivity index (χ3n) is 6.99. The summed E-state index contributed by atoms with van der Waals surface area (Å²) in [7, 11) is -4.37. The van der Waals surface area contributed by atoms with E-state index in [1.54, 1.807) is 26.0 Å². The van der Waals surface area contributed by atoms with E-state index in [1.165, 1.54) is 6.92 Å². The minimum absolute atomic E-state index is 0.0948. The van der Waals surface area contributed by atoms with Crippen molar-refractivity contribution in [1.82, 2.24) is 15.3 Å². The summed E-state index contributed by atoms with van der Waals surface area (Å²) in [5.74, 6) is -1.09. The van der Waals surface area contributed by atoms with E-state index in [1.807, 2.05) is 17.4 Å². The van der Waals surface area contributed by atoms with Crippen LogP contribution in [0.15, 0.2) is 24.3 Å². The highest BCUT2D eigenvalue weighted by atomic mass is 35.5. The van der Waals surface area contributed by atoms with Gasteiger partial charge in [-0.15, -0.1) is 0 Å². The lowest BCUT2D eigenvalue weighted by Gasteiger charge is -2.34. The van der Waals surface area contributed by atoms with Crippen molar-refractivity contribution in [3.8, 4) is 5.75 Å². The van der Waals surface area contributed by atoms with Crippen LogP contribution in [-0.4, -0.2) is 76.8 Å². The van der Waals surface area contributed by atoms with E-state index in [0.29, 0.717) is 0 Å². The van der Waals surface area contributed by atoms with Gasteiger partial charge in [0, 0.05) is 13.0 Å². The predicted molar refractivity (Wildman–Crippen MR) is 140 cm³/mol. The van der Waals surface area contributed by atoms with Crippen LogP contribution >= 0.6 is 19.3 Å². The first kappa shape index (κ1) is 30.7. The summed E-state index contributed by atoms with van der Waals surface area (Å²) in [6.07, 6.45) is -3.71. The number of halogens is 2. The highest BCUT2D eigenvalue weighted by molar-refractivity contribution is 7.52. The van der Waals surface area contributed by atoms with Gasteiger partial charge in [-0.05, 0) is 56.7 Å². The van der Waals surface area contributed by atoms with Gasteiger partial charge in [-0.3, -0.25) is 24.3 Å². The molecule has 2 saturated heterocycles. The number of alkyl halides is 2. The molecule has 1 aromatic carbocycles. The summed E-state index contributed by atoms with van der Waals surface area (Å²) in [6.45, 7) is 5.95. The topological polar surface area (TPSA) is 153 Å². The molecular formula is C25H34ClFN3O9P. The molecule has 3 amide bonds. The van der Waals surface area contributed by atoms with E-state index < -0.39 is 68.0 Å². The molecule has 1 aliphatic carbocycles. The number of benzene rings is 1. The molecule has 15 heteroatoms. The van der Waals surface area contributed by atoms with Gasteiger partial charge in [0.1, 0.15) is 24.0 Å². The standard InChI is InChI=1S/C25H34ClFN3O9P/c1-14(2)37-21(33)15(3)29-40(35,39-17-7-5-16(6-8-17)24(4)10-11-24)36-13-18-20(32)25(26,27)22(38-18)30-12-9-19(31)28-23(30)34/h5-8,14-15,18,20,22,32H,9-13H2,1-4H3,(H,29,35)(H,28,31,34)/t15-,18+,20+,22+,25+,40?/m0/s1. The second-order valence-electron chi connectivity index (χ2n) is 10.7. The first-order valence-electron chi connectivity index (χ1n) is 13.0. The maximum absolute atomic E-state index is 15.4. The molecule has 222 valence electrons. The van der Waals surface area contributed by atoms with E-state index in [-0.39, 0.29) is 24.1 Å². The van der Waals surface area contributed by atoms with E-state index >= 15 is 4.39 Å². The van der Waals surface area contributed by atoms with Crippen LogP contribution < -0.4 is 14.9 Å². The van der Waals surface area contributed by atoms with Gasteiger partial charge >= 0.3 is 19.7 Å². The van der Waals surface area contributed by atoms with Gasteiger partial charge in [-0.25, -0.2) is 13.8 Å². The van der Waals surface area contributed by atoms with Crippen LogP contribution in [0.5, 0.6) is 5.75 Å². The monoisotopic (exact) mass is 605 g/mol. The van der Waals surface area contributed by atoms with E-state index in [2.05, 4.69) is 12.0 Å². The van der Waals surface area contributed by atoms with Crippen molar-refractivity contribution in [3.63, 3.8) is 0 Å². The maximum Gasteiger partial charge on any atom is 0.459 e. The van der Waals surface area contributed by atoms with Gasteiger partial charge in [0.15, 0.2) is 6.23 Å². The maximum atomic E-state index is 15.4. The predicted octanol–water partition coefficient (Wildman–Crippen LogP) is 3.10. The largest absolute Gasteiger partial charge is 0.462 e. The fourth-order valence-corrected chi connectivity index (χ4v) is 6.17. The fourth-order valence-electron chi connectivity index (χ4n) is 4.36. The molecule has 0 spiro atoms. The Morgan fingerprint density at radius 3 is 2.52 bits per heavy atom. The first-order valence-corrected chi connectivity index (χ1v) is 14.9. The van der Waals surface area contributed by atoms with Crippen molar-refractivity contribution in [2.75, 3.05) is 13.2 Å². The summed E-state index contributed by atoms with van der Waals surface area (Å²) in [5, 5.41) is 12.1. The van der Waals surface area contributed by atoms with Gasteiger partial charge < -0.3 is 19.1 Å². The first-order chi connectivity index (χ1) is 18.6. The normalized spacial score (nSPS) is 30.0. The Morgan fingerprint density at radius 1 is 1.30 bits per heavy atom. The summed E-state index contributed by atoms with van der Waals surface area (Å²) in [5.41, 5.74) is 1.19. The highest BCUT2D eigenvalue weighted by Crippen LogP contribution is 2.50. The molecular weight excluding hydrogens is 572 g/mol. The highest BCUT2D eigenvalue weighted by Gasteiger charge is 2.60. The van der Waals surface area contributed by atoms with Crippen LogP contribution in [0.1, 0.15) is 52.5 Å². The number of ether oxygens (including phenoxy) is 2. The van der Waals surface area contributed by atoms with Gasteiger partial charge in [0.05, 0.1) is 12.7 Å². The average molecular weight is 606 g/mol. The zero-order chi connectivity index (χ0) is 29.5. The number of esters is 1. The third-order valence-corrected chi connectivity index (χ3v) is 9.05. The molecule has 2 aliphatic heterocycles. The van der Waals surface area contributed by atoms with Crippen LogP contribution in [0.2, 0.25) is 0 Å². The molecule has 1 aromatic rings. The molecule has 3 N–H and O–H groups in total. The van der Waals surface area contributed by atoms with Crippen molar-refractivity contribution in [1.29, 1.82) is 0 Å². The number of nitrogens with zero attached hydrogens (tertiary/aromatic N) is 1. The fraction of sp³-hybridized carbons (Fsp3) is 0.640. The van der Waals surface area contributed by atoms with Gasteiger partial charge in [-0.1, -0.05) is 30.7 Å². The number of amides is 3. The van der Waals surface area contributed by atoms with Gasteiger partial charge in [0.2, 0.25) is 5.91 Å². The van der Waals surface area contributed by atoms with E-state index in [9.17, 15) is 24.1 Å². The number of rotatable bonds is 11. The SMILES string of the molecule is CC(C)OC(=O)[C@H](C)NP(=O)(OC[C@H]1O[C@@H](N2CCC(=O)NC2=O)[C@@](F)(Cl)[C@@H]1O)Oc1ccc(C2(C)CC2)cc1. The Balaban J connectivity index is 1.49. The Kier molecular flexibility index (Phi) is 8.85. The molecule has 12 nitrogen and oxygen atoms in total. The van der Waals surface area contributed by atoms with Gasteiger partial charge in [0.25, 0.3) is 5.13 Å². The van der Waals surface area contributed by atoms with Crippen molar-refractivity contribution in [2.24, 2.45) is 0 Å². The summed E-state index contributed by atoms with van der Waals surface area (Å²) < 4.78 is 51.1. The van der Waals surface area contributed by atoms with Crippen LogP contribution in [0, 0.1) is 0 Å². The lowest BCUT2D eigenvalue weighted by atomic mass is 9.99. The quantitative estimate of drug-likeness (QED) is 0.195. The second-order valence-corrected chi connectivity index (χ2v) is 13.0. The Bertz CT molecular complexity index is 1180. The number of hydrogen-bond donors (Lipinski definition) is 3. The molecule has 2 heterocycles. The van der Waals surface area contributed by atoms with E-state index in [4.69, 9.17) is 30.1 Å². The van der Waals surface area contributed by atoms with Crippen LogP contribution in [0.4, 0.5) is 9.18 Å². The van der Waals surface area contributed by atoms with E-state index in [0.717, 1.165) is 23.3 Å². The van der Waals surface area contributed by atoms with Crippen molar-refractivity contribution >= 4 is 37.3 Å². The van der Waals surface area contributed by atoms with Crippen molar-refractivity contribution in [2.45, 2.75) is 88.1 Å². The van der Waals surface area contributed by atoms with Crippen LogP contribution in [-0.2, 0) is 33.6 Å². The molecule has 40 heavy (non-hydrogen) atoms. The number of imide groups is 1. The average Bonchev–Trinajstić information content (AvgIpc) is 3.57. The minimum atomic E-state index is -4.37. The van der Waals surface area contributed by atoms with Crippen LogP contribution in [0.3, 0.4) is 0 Å². The number of nitrogens with one attached hydrogen (secondary N) is 2. The Morgan fingerprint density at radius 2 is 1.95 bits per heavy atom. The molecule has 4 rings (SSSR count). The molecule has 6 atom stereocenters. The third kappa shape index (κ3) is 6.78. The Hall–Kier alpha value is -2.28. The summed E-state index contributed by atoms with van der Waals surface area (Å²) in [6, 6.07) is 4.85. The number of hydrogen-bond acceptors (Lipinski definition) is 9. The molecule has 0 radical (unpaired) electrons. The number of carbonyl (C=O) groups excluding carboxylic acids is 3. The minimum Gasteiger partial charge on any atom is -0.462 e. The molecule has 3 fully saturated rings. The molecule has 1 unspecified atom stereocenters. The van der Waals surface area contributed by atoms with Gasteiger partial charge in [-0.2, -0.15) is 5.09 Å². The Labute approximate surface area is 236 Å². The molecule has 0 bridgehead atoms. The smallest absolute Gasteiger partial charge is 0.459 e. The molecule has 1 saturated carbocycles. The molecule has 0 aromatic heterocycles. The number of aliphatic hydroxyl groups is 1.